The van der Waals surface area contributed by atoms with Crippen molar-refractivity contribution in [3.05, 3.63) is 101 Å². The zero-order chi connectivity index (χ0) is 29.3. The molecular formula is C33H39N3O6. The third-order valence-electron chi connectivity index (χ3n) is 7.80. The minimum Gasteiger partial charge on any atom is -0.481 e. The molecule has 2 heterocycles. The molecule has 9 nitrogen and oxygen atoms in total. The summed E-state index contributed by atoms with van der Waals surface area (Å²) >= 11 is 0. The van der Waals surface area contributed by atoms with Crippen LogP contribution in [-0.2, 0) is 32.2 Å². The van der Waals surface area contributed by atoms with E-state index < -0.39 is 12.3 Å². The average Bonchev–Trinajstić information content (AvgIpc) is 3.01. The first-order chi connectivity index (χ1) is 20.4. The molecule has 2 fully saturated rings. The Morgan fingerprint density at radius 3 is 2.26 bits per heavy atom. The number of ether oxygens (including phenoxy) is 2. The van der Waals surface area contributed by atoms with E-state index in [2.05, 4.69) is 39.4 Å². The zero-order valence-corrected chi connectivity index (χ0v) is 23.7. The summed E-state index contributed by atoms with van der Waals surface area (Å²) in [5.74, 6) is -1.37. The Labute approximate surface area is 246 Å². The highest BCUT2D eigenvalue weighted by Gasteiger charge is 2.34. The van der Waals surface area contributed by atoms with Crippen LogP contribution in [0.4, 0.5) is 5.69 Å². The number of rotatable bonds is 11. The van der Waals surface area contributed by atoms with E-state index in [1.807, 2.05) is 48.5 Å². The first kappa shape index (κ1) is 29.9. The van der Waals surface area contributed by atoms with Crippen LogP contribution >= 0.6 is 0 Å². The van der Waals surface area contributed by atoms with Crippen molar-refractivity contribution in [2.24, 2.45) is 0 Å². The maximum absolute atomic E-state index is 12.2. The molecule has 0 aliphatic carbocycles. The molecule has 0 aromatic heterocycles. The third kappa shape index (κ3) is 8.47. The number of carboxylic acid groups (broad SMARTS) is 1. The van der Waals surface area contributed by atoms with Crippen molar-refractivity contribution in [3.63, 3.8) is 0 Å². The zero-order valence-electron chi connectivity index (χ0n) is 23.7. The number of anilines is 1. The standard InChI is InChI=1S/C33H39N3O6/c37-23-25-9-11-26(12-10-25)30-20-29(22-36-17-15-35(16-18-36)21-24-5-2-1-3-6-24)41-33(42-30)27-7-4-8-28(19-27)34-31(38)13-14-32(39)40/h1-12,19,29-30,33,37H,13-18,20-23H2,(H,34,38)(H,39,40)/t29-,30+,33+/m0/s1. The van der Waals surface area contributed by atoms with Crippen molar-refractivity contribution >= 4 is 17.6 Å². The molecule has 2 aliphatic rings. The van der Waals surface area contributed by atoms with Crippen molar-refractivity contribution in [3.8, 4) is 0 Å². The van der Waals surface area contributed by atoms with Crippen molar-refractivity contribution in [2.75, 3.05) is 38.0 Å². The van der Waals surface area contributed by atoms with Gasteiger partial charge in [0.05, 0.1) is 25.2 Å². The Bertz CT molecular complexity index is 1310. The van der Waals surface area contributed by atoms with Gasteiger partial charge in [0.15, 0.2) is 6.29 Å². The number of carbonyl (C=O) groups is 2. The summed E-state index contributed by atoms with van der Waals surface area (Å²) < 4.78 is 13.0. The summed E-state index contributed by atoms with van der Waals surface area (Å²) in [7, 11) is 0. The molecule has 0 radical (unpaired) electrons. The molecule has 3 N–H and O–H groups in total. The molecule has 0 saturated carbocycles. The lowest BCUT2D eigenvalue weighted by molar-refractivity contribution is -0.253. The molecule has 0 bridgehead atoms. The fourth-order valence-electron chi connectivity index (χ4n) is 5.50. The van der Waals surface area contributed by atoms with Gasteiger partial charge in [0.1, 0.15) is 0 Å². The minimum absolute atomic E-state index is 0.0125. The van der Waals surface area contributed by atoms with Gasteiger partial charge < -0.3 is 25.0 Å². The van der Waals surface area contributed by atoms with Gasteiger partial charge in [0.2, 0.25) is 5.91 Å². The molecule has 9 heteroatoms. The predicted octanol–water partition coefficient (Wildman–Crippen LogP) is 4.35. The lowest BCUT2D eigenvalue weighted by Crippen LogP contribution is -2.49. The number of hydrogen-bond acceptors (Lipinski definition) is 7. The lowest BCUT2D eigenvalue weighted by Gasteiger charge is -2.41. The van der Waals surface area contributed by atoms with E-state index in [1.54, 1.807) is 6.07 Å². The van der Waals surface area contributed by atoms with Crippen molar-refractivity contribution < 1.29 is 29.3 Å². The molecule has 2 aliphatic heterocycles. The highest BCUT2D eigenvalue weighted by atomic mass is 16.7. The first-order valence-electron chi connectivity index (χ1n) is 14.6. The molecule has 5 rings (SSSR count). The summed E-state index contributed by atoms with van der Waals surface area (Å²) in [5.41, 5.74) is 4.54. The Kier molecular flexibility index (Phi) is 10.3. The fourth-order valence-corrected chi connectivity index (χ4v) is 5.50. The maximum atomic E-state index is 12.2. The summed E-state index contributed by atoms with van der Waals surface area (Å²) in [6, 6.07) is 25.7. The Morgan fingerprint density at radius 2 is 1.55 bits per heavy atom. The van der Waals surface area contributed by atoms with Gasteiger partial charge in [-0.2, -0.15) is 0 Å². The number of piperazine rings is 1. The number of aliphatic carboxylic acids is 1. The van der Waals surface area contributed by atoms with Crippen molar-refractivity contribution in [1.29, 1.82) is 0 Å². The maximum Gasteiger partial charge on any atom is 0.303 e. The molecule has 0 unspecified atom stereocenters. The number of carbonyl (C=O) groups excluding carboxylic acids is 1. The van der Waals surface area contributed by atoms with Gasteiger partial charge in [-0.1, -0.05) is 66.7 Å². The first-order valence-corrected chi connectivity index (χ1v) is 14.6. The Hall–Kier alpha value is -3.60. The number of benzene rings is 3. The molecule has 0 spiro atoms. The molecule has 3 atom stereocenters. The number of nitrogens with zero attached hydrogens (tertiary/aromatic N) is 2. The van der Waals surface area contributed by atoms with Crippen LogP contribution in [0.25, 0.3) is 0 Å². The molecule has 3 aromatic carbocycles. The molecule has 222 valence electrons. The monoisotopic (exact) mass is 573 g/mol. The number of aliphatic hydroxyl groups excluding tert-OH is 1. The van der Waals surface area contributed by atoms with Gasteiger partial charge >= 0.3 is 5.97 Å². The van der Waals surface area contributed by atoms with Crippen molar-refractivity contribution in [1.82, 2.24) is 9.80 Å². The summed E-state index contributed by atoms with van der Waals surface area (Å²) in [4.78, 5) is 28.0. The van der Waals surface area contributed by atoms with Gasteiger partial charge in [0.25, 0.3) is 0 Å². The van der Waals surface area contributed by atoms with Crippen LogP contribution in [0.5, 0.6) is 0 Å². The van der Waals surface area contributed by atoms with Crippen molar-refractivity contribution in [2.45, 2.75) is 50.9 Å². The molecule has 2 saturated heterocycles. The fraction of sp³-hybridized carbons (Fsp3) is 0.394. The van der Waals surface area contributed by atoms with E-state index in [4.69, 9.17) is 14.6 Å². The van der Waals surface area contributed by atoms with E-state index in [0.29, 0.717) is 12.1 Å². The van der Waals surface area contributed by atoms with Gasteiger partial charge in [0, 0.05) is 63.4 Å². The Balaban J connectivity index is 1.25. The van der Waals surface area contributed by atoms with E-state index in [9.17, 15) is 14.7 Å². The number of hydrogen-bond donors (Lipinski definition) is 3. The molecular weight excluding hydrogens is 534 g/mol. The quantitative estimate of drug-likeness (QED) is 0.311. The summed E-state index contributed by atoms with van der Waals surface area (Å²) in [6.45, 7) is 5.66. The number of amides is 1. The van der Waals surface area contributed by atoms with Crippen LogP contribution in [-0.4, -0.2) is 70.7 Å². The highest BCUT2D eigenvalue weighted by molar-refractivity contribution is 5.92. The third-order valence-corrected chi connectivity index (χ3v) is 7.80. The van der Waals surface area contributed by atoms with Gasteiger partial charge in [-0.05, 0) is 28.8 Å². The van der Waals surface area contributed by atoms with E-state index in [-0.39, 0.29) is 37.6 Å². The van der Waals surface area contributed by atoms with E-state index in [1.165, 1.54) is 5.56 Å². The van der Waals surface area contributed by atoms with E-state index in [0.717, 1.165) is 56.0 Å². The number of aliphatic hydroxyl groups is 1. The van der Waals surface area contributed by atoms with Crippen LogP contribution in [0, 0.1) is 0 Å². The van der Waals surface area contributed by atoms with Crippen LogP contribution in [0.2, 0.25) is 0 Å². The van der Waals surface area contributed by atoms with Crippen LogP contribution < -0.4 is 5.32 Å². The second-order valence-corrected chi connectivity index (χ2v) is 11.0. The topological polar surface area (TPSA) is 112 Å². The molecule has 1 amide bonds. The SMILES string of the molecule is O=C(O)CCC(=O)Nc1cccc([C@@H]2O[C@H](CN3CCN(Cc4ccccc4)CC3)C[C@H](c3ccc(CO)cc3)O2)c1. The van der Waals surface area contributed by atoms with Gasteiger partial charge in [-0.25, -0.2) is 0 Å². The number of nitrogens with one attached hydrogen (secondary N) is 1. The van der Waals surface area contributed by atoms with Crippen LogP contribution in [0.3, 0.4) is 0 Å². The summed E-state index contributed by atoms with van der Waals surface area (Å²) in [5, 5.41) is 21.1. The smallest absolute Gasteiger partial charge is 0.303 e. The number of carboxylic acids is 1. The second kappa shape index (κ2) is 14.5. The predicted molar refractivity (Wildman–Crippen MR) is 159 cm³/mol. The molecule has 3 aromatic rings. The second-order valence-electron chi connectivity index (χ2n) is 11.0. The Morgan fingerprint density at radius 1 is 0.810 bits per heavy atom. The normalized spacial score (nSPS) is 21.6. The largest absolute Gasteiger partial charge is 0.481 e. The van der Waals surface area contributed by atoms with Gasteiger partial charge in [-0.15, -0.1) is 0 Å². The van der Waals surface area contributed by atoms with E-state index >= 15 is 0 Å². The lowest BCUT2D eigenvalue weighted by atomic mass is 9.99. The average molecular weight is 574 g/mol. The summed E-state index contributed by atoms with van der Waals surface area (Å²) in [6.07, 6.45) is -0.524. The van der Waals surface area contributed by atoms with Crippen LogP contribution in [0.1, 0.15) is 53.9 Å². The van der Waals surface area contributed by atoms with Crippen LogP contribution in [0.15, 0.2) is 78.9 Å². The van der Waals surface area contributed by atoms with Gasteiger partial charge in [-0.3, -0.25) is 19.4 Å². The molecule has 42 heavy (non-hydrogen) atoms. The highest BCUT2D eigenvalue weighted by Crippen LogP contribution is 2.38. The minimum atomic E-state index is -1.01.